The van der Waals surface area contributed by atoms with E-state index in [1.807, 2.05) is 13.8 Å². The van der Waals surface area contributed by atoms with Crippen LogP contribution in [0.1, 0.15) is 20.3 Å². The second-order valence-corrected chi connectivity index (χ2v) is 6.02. The Morgan fingerprint density at radius 2 is 2.00 bits per heavy atom. The third-order valence-electron chi connectivity index (χ3n) is 0.761. The lowest BCUT2D eigenvalue weighted by Gasteiger charge is -1.99. The first-order valence-electron chi connectivity index (χ1n) is 3.26. The third kappa shape index (κ3) is 5.33. The molecule has 0 aromatic rings. The van der Waals surface area contributed by atoms with E-state index in [2.05, 4.69) is 0 Å². The highest BCUT2D eigenvalue weighted by atomic mass is 32.5. The summed E-state index contributed by atoms with van der Waals surface area (Å²) in [4.78, 5) is 18.1. The quantitative estimate of drug-likeness (QED) is 0.510. The number of rotatable bonds is 4. The summed E-state index contributed by atoms with van der Waals surface area (Å²) in [7, 11) is 1.07. The molecule has 2 N–H and O–H groups in total. The van der Waals surface area contributed by atoms with Crippen molar-refractivity contribution in [2.75, 3.05) is 12.4 Å². The zero-order valence-corrected chi connectivity index (χ0v) is 7.99. The first-order chi connectivity index (χ1) is 4.62. The highest BCUT2D eigenvalue weighted by molar-refractivity contribution is 8.16. The average Bonchev–Trinajstić information content (AvgIpc) is 1.84. The van der Waals surface area contributed by atoms with E-state index in [1.165, 1.54) is 0 Å². The van der Waals surface area contributed by atoms with Crippen LogP contribution in [-0.4, -0.2) is 22.1 Å². The van der Waals surface area contributed by atoms with Crippen molar-refractivity contribution in [2.45, 2.75) is 20.3 Å². The van der Waals surface area contributed by atoms with Gasteiger partial charge in [0.25, 0.3) is 0 Å². The molecule has 3 nitrogen and oxygen atoms in total. The molecule has 0 bridgehead atoms. The SMILES string of the molecule is CCCOP(O)(O)=[S+]CC. The standard InChI is InChI=1S/C5H14O3PS/c1-3-5-8-9(6,7)10-4-2/h6-7H,3-5H2,1-2H3/q+1. The van der Waals surface area contributed by atoms with Crippen LogP contribution in [0.15, 0.2) is 0 Å². The second kappa shape index (κ2) is 5.22. The molecule has 10 heavy (non-hydrogen) atoms. The van der Waals surface area contributed by atoms with Gasteiger partial charge in [0.15, 0.2) is 5.75 Å². The molecular formula is C5H14O3PS+. The van der Waals surface area contributed by atoms with Gasteiger partial charge in [-0.3, -0.25) is 14.3 Å². The third-order valence-corrected chi connectivity index (χ3v) is 3.97. The molecule has 0 spiro atoms. The lowest BCUT2D eigenvalue weighted by Crippen LogP contribution is -1.91. The van der Waals surface area contributed by atoms with Gasteiger partial charge >= 0.3 is 6.72 Å². The summed E-state index contributed by atoms with van der Waals surface area (Å²) >= 11 is 0. The summed E-state index contributed by atoms with van der Waals surface area (Å²) in [6.45, 7) is 1.17. The van der Waals surface area contributed by atoms with Gasteiger partial charge in [0.1, 0.15) is 0 Å². The Morgan fingerprint density at radius 3 is 2.40 bits per heavy atom. The second-order valence-electron chi connectivity index (χ2n) is 1.74. The van der Waals surface area contributed by atoms with E-state index in [1.54, 1.807) is 0 Å². The van der Waals surface area contributed by atoms with Crippen molar-refractivity contribution in [1.82, 2.24) is 0 Å². The first kappa shape index (κ1) is 10.5. The Morgan fingerprint density at radius 1 is 1.40 bits per heavy atom. The molecule has 0 aromatic heterocycles. The summed E-state index contributed by atoms with van der Waals surface area (Å²) < 4.78 is 4.80. The van der Waals surface area contributed by atoms with Gasteiger partial charge in [0, 0.05) is 0 Å². The largest absolute Gasteiger partial charge is 0.517 e. The zero-order valence-electron chi connectivity index (χ0n) is 6.28. The van der Waals surface area contributed by atoms with Gasteiger partial charge in [0.05, 0.1) is 6.61 Å². The van der Waals surface area contributed by atoms with Gasteiger partial charge in [0.2, 0.25) is 10.9 Å². The molecule has 0 amide bonds. The molecule has 0 saturated heterocycles. The minimum atomic E-state index is -3.04. The van der Waals surface area contributed by atoms with Crippen LogP contribution in [0, 0.1) is 0 Å². The van der Waals surface area contributed by atoms with Crippen LogP contribution in [-0.2, 0) is 15.5 Å². The summed E-state index contributed by atoms with van der Waals surface area (Å²) in [6, 6.07) is 0. The molecule has 0 unspecified atom stereocenters. The van der Waals surface area contributed by atoms with Crippen molar-refractivity contribution in [2.24, 2.45) is 0 Å². The van der Waals surface area contributed by atoms with Crippen LogP contribution in [0.5, 0.6) is 0 Å². The van der Waals surface area contributed by atoms with Crippen LogP contribution < -0.4 is 0 Å². The molecule has 0 heterocycles. The fourth-order valence-electron chi connectivity index (χ4n) is 0.416. The minimum absolute atomic E-state index is 0.424. The molecule has 5 heteroatoms. The van der Waals surface area contributed by atoms with Crippen molar-refractivity contribution in [1.29, 1.82) is 0 Å². The van der Waals surface area contributed by atoms with E-state index in [4.69, 9.17) is 14.3 Å². The Hall–Kier alpha value is 0.530. The van der Waals surface area contributed by atoms with Crippen LogP contribution in [0.2, 0.25) is 0 Å². The van der Waals surface area contributed by atoms with Crippen LogP contribution >= 0.6 is 6.72 Å². The average molecular weight is 185 g/mol. The lowest BCUT2D eigenvalue weighted by atomic mass is 10.5. The van der Waals surface area contributed by atoms with Crippen molar-refractivity contribution < 1.29 is 14.3 Å². The molecule has 62 valence electrons. The summed E-state index contributed by atoms with van der Waals surface area (Å²) in [5.74, 6) is 0.671. The van der Waals surface area contributed by atoms with Gasteiger partial charge < -0.3 is 0 Å². The zero-order chi connectivity index (χ0) is 8.04. The Bertz CT molecular complexity index is 131. The topological polar surface area (TPSA) is 49.7 Å². The maximum Gasteiger partial charge on any atom is 0.517 e. The van der Waals surface area contributed by atoms with E-state index >= 15 is 0 Å². The van der Waals surface area contributed by atoms with E-state index in [0.717, 1.165) is 17.4 Å². The fraction of sp³-hybridized carbons (Fsp3) is 1.00. The smallest absolute Gasteiger partial charge is 0.289 e. The van der Waals surface area contributed by atoms with Crippen molar-refractivity contribution >= 4 is 17.7 Å². The predicted molar refractivity (Wildman–Crippen MR) is 45.5 cm³/mol. The van der Waals surface area contributed by atoms with Gasteiger partial charge in [-0.1, -0.05) is 6.92 Å². The Labute approximate surface area is 65.2 Å². The molecule has 0 aliphatic rings. The molecule has 0 rings (SSSR count). The van der Waals surface area contributed by atoms with E-state index < -0.39 is 6.72 Å². The minimum Gasteiger partial charge on any atom is -0.289 e. The highest BCUT2D eigenvalue weighted by Crippen LogP contribution is 2.38. The first-order valence-corrected chi connectivity index (χ1v) is 6.46. The van der Waals surface area contributed by atoms with Crippen molar-refractivity contribution in [3.63, 3.8) is 0 Å². The van der Waals surface area contributed by atoms with Gasteiger partial charge in [-0.25, -0.2) is 0 Å². The normalized spacial score (nSPS) is 11.6. The van der Waals surface area contributed by atoms with Gasteiger partial charge in [-0.15, -0.1) is 0 Å². The summed E-state index contributed by atoms with van der Waals surface area (Å²) in [5.41, 5.74) is 0. The fourth-order valence-corrected chi connectivity index (χ4v) is 2.70. The maximum atomic E-state index is 9.05. The van der Waals surface area contributed by atoms with Crippen LogP contribution in [0.3, 0.4) is 0 Å². The van der Waals surface area contributed by atoms with E-state index in [9.17, 15) is 0 Å². The van der Waals surface area contributed by atoms with Crippen molar-refractivity contribution in [3.05, 3.63) is 0 Å². The number of hydrogen-bond donors (Lipinski definition) is 2. The number of hydrogen-bond acceptors (Lipinski definition) is 1. The maximum absolute atomic E-state index is 9.05. The Balaban J connectivity index is 3.74. The molecular weight excluding hydrogens is 171 g/mol. The molecule has 0 radical (unpaired) electrons. The molecule has 0 aliphatic carbocycles. The molecule has 0 aromatic carbocycles. The molecule has 0 fully saturated rings. The van der Waals surface area contributed by atoms with Crippen LogP contribution in [0.25, 0.3) is 0 Å². The summed E-state index contributed by atoms with van der Waals surface area (Å²) in [6.07, 6.45) is 0.813. The monoisotopic (exact) mass is 185 g/mol. The van der Waals surface area contributed by atoms with Crippen molar-refractivity contribution in [3.8, 4) is 0 Å². The highest BCUT2D eigenvalue weighted by Gasteiger charge is 2.22. The lowest BCUT2D eigenvalue weighted by molar-refractivity contribution is 0.252. The predicted octanol–water partition coefficient (Wildman–Crippen LogP) is 1.18. The van der Waals surface area contributed by atoms with E-state index in [-0.39, 0.29) is 0 Å². The van der Waals surface area contributed by atoms with Gasteiger partial charge in [-0.05, 0) is 13.3 Å². The summed E-state index contributed by atoms with van der Waals surface area (Å²) in [5, 5.41) is 0. The van der Waals surface area contributed by atoms with Crippen LogP contribution in [0.4, 0.5) is 0 Å². The Kier molecular flexibility index (Phi) is 5.49. The molecule has 0 atom stereocenters. The molecule has 0 saturated carbocycles. The van der Waals surface area contributed by atoms with Gasteiger partial charge in [-0.2, -0.15) is 0 Å². The van der Waals surface area contributed by atoms with E-state index in [0.29, 0.717) is 12.4 Å². The molecule has 0 aliphatic heterocycles.